The molecule has 0 saturated heterocycles. The van der Waals surface area contributed by atoms with Gasteiger partial charge in [-0.15, -0.1) is 0 Å². The lowest BCUT2D eigenvalue weighted by Crippen LogP contribution is -2.39. The molecular formula is C14H27NO. The van der Waals surface area contributed by atoms with Crippen molar-refractivity contribution < 1.29 is 4.79 Å². The first kappa shape index (κ1) is 15.2. The van der Waals surface area contributed by atoms with Gasteiger partial charge in [0.1, 0.15) is 0 Å². The highest BCUT2D eigenvalue weighted by Gasteiger charge is 2.19. The van der Waals surface area contributed by atoms with Crippen molar-refractivity contribution >= 4 is 5.91 Å². The Morgan fingerprint density at radius 3 is 2.31 bits per heavy atom. The molecular weight excluding hydrogens is 198 g/mol. The van der Waals surface area contributed by atoms with E-state index in [0.717, 1.165) is 19.4 Å². The van der Waals surface area contributed by atoms with Crippen LogP contribution in [0.15, 0.2) is 12.2 Å². The highest BCUT2D eigenvalue weighted by molar-refractivity contribution is 5.87. The normalized spacial score (nSPS) is 14.1. The largest absolute Gasteiger partial charge is 0.336 e. The molecule has 1 atom stereocenters. The summed E-state index contributed by atoms with van der Waals surface area (Å²) in [6.07, 6.45) is 5.53. The monoisotopic (exact) mass is 225 g/mol. The summed E-state index contributed by atoms with van der Waals surface area (Å²) in [6.45, 7) is 13.6. The molecule has 0 aliphatic rings. The first-order chi connectivity index (χ1) is 7.31. The molecule has 0 aromatic rings. The van der Waals surface area contributed by atoms with Gasteiger partial charge in [-0.05, 0) is 38.2 Å². The fraction of sp³-hybridized carbons (Fsp3) is 0.786. The zero-order valence-electron chi connectivity index (χ0n) is 11.7. The number of carbonyl (C=O) groups is 1. The summed E-state index contributed by atoms with van der Waals surface area (Å²) >= 11 is 0. The molecule has 2 nitrogen and oxygen atoms in total. The summed E-state index contributed by atoms with van der Waals surface area (Å²) in [5.74, 6) is 0.140. The third-order valence-electron chi connectivity index (χ3n) is 2.82. The molecule has 0 fully saturated rings. The average Bonchev–Trinajstić information content (AvgIpc) is 2.16. The second-order valence-corrected chi connectivity index (χ2v) is 5.60. The van der Waals surface area contributed by atoms with Gasteiger partial charge in [0.2, 0.25) is 5.91 Å². The standard InChI is InChI=1S/C14H27NO/c1-7-9-13(16)15(12(3)8-2)11-10-14(4,5)6/h7,9,12H,8,10-11H2,1-6H3/b9-7+. The molecule has 0 aliphatic carbocycles. The van der Waals surface area contributed by atoms with Gasteiger partial charge in [0.05, 0.1) is 0 Å². The minimum Gasteiger partial charge on any atom is -0.336 e. The van der Waals surface area contributed by atoms with Gasteiger partial charge in [0, 0.05) is 12.6 Å². The number of allylic oxidation sites excluding steroid dienone is 1. The van der Waals surface area contributed by atoms with E-state index in [1.54, 1.807) is 6.08 Å². The minimum atomic E-state index is 0.140. The van der Waals surface area contributed by atoms with Gasteiger partial charge in [-0.2, -0.15) is 0 Å². The Bertz CT molecular complexity index is 238. The van der Waals surface area contributed by atoms with Crippen molar-refractivity contribution in [2.45, 2.75) is 60.4 Å². The van der Waals surface area contributed by atoms with E-state index < -0.39 is 0 Å². The average molecular weight is 225 g/mol. The molecule has 1 amide bonds. The molecule has 0 spiro atoms. The van der Waals surface area contributed by atoms with E-state index in [-0.39, 0.29) is 11.3 Å². The third-order valence-corrected chi connectivity index (χ3v) is 2.82. The zero-order valence-corrected chi connectivity index (χ0v) is 11.7. The summed E-state index contributed by atoms with van der Waals surface area (Å²) in [5.41, 5.74) is 0.280. The molecule has 94 valence electrons. The molecule has 2 heteroatoms. The van der Waals surface area contributed by atoms with Gasteiger partial charge >= 0.3 is 0 Å². The molecule has 0 rings (SSSR count). The summed E-state index contributed by atoms with van der Waals surface area (Å²) in [7, 11) is 0. The van der Waals surface area contributed by atoms with Crippen LogP contribution in [0.3, 0.4) is 0 Å². The van der Waals surface area contributed by atoms with Crippen LogP contribution in [0.4, 0.5) is 0 Å². The van der Waals surface area contributed by atoms with Crippen LogP contribution in [0, 0.1) is 5.41 Å². The summed E-state index contributed by atoms with van der Waals surface area (Å²) in [6, 6.07) is 0.325. The molecule has 0 saturated carbocycles. The van der Waals surface area contributed by atoms with Crippen LogP contribution in [0.25, 0.3) is 0 Å². The quantitative estimate of drug-likeness (QED) is 0.654. The van der Waals surface area contributed by atoms with Crippen molar-refractivity contribution in [1.82, 2.24) is 4.90 Å². The van der Waals surface area contributed by atoms with Crippen LogP contribution in [-0.2, 0) is 4.79 Å². The molecule has 0 radical (unpaired) electrons. The van der Waals surface area contributed by atoms with E-state index in [9.17, 15) is 4.79 Å². The van der Waals surface area contributed by atoms with E-state index in [2.05, 4.69) is 34.6 Å². The number of hydrogen-bond donors (Lipinski definition) is 0. The highest BCUT2D eigenvalue weighted by Crippen LogP contribution is 2.20. The number of carbonyl (C=O) groups excluding carboxylic acids is 1. The number of hydrogen-bond acceptors (Lipinski definition) is 1. The van der Waals surface area contributed by atoms with E-state index in [1.807, 2.05) is 17.9 Å². The van der Waals surface area contributed by atoms with Crippen LogP contribution >= 0.6 is 0 Å². The van der Waals surface area contributed by atoms with Crippen molar-refractivity contribution in [3.63, 3.8) is 0 Å². The maximum Gasteiger partial charge on any atom is 0.246 e. The SMILES string of the molecule is C/C=C/C(=O)N(CCC(C)(C)C)C(C)CC. The van der Waals surface area contributed by atoms with Crippen molar-refractivity contribution in [2.24, 2.45) is 5.41 Å². The topological polar surface area (TPSA) is 20.3 Å². The first-order valence-electron chi connectivity index (χ1n) is 6.25. The fourth-order valence-corrected chi connectivity index (χ4v) is 1.46. The van der Waals surface area contributed by atoms with Gasteiger partial charge in [-0.25, -0.2) is 0 Å². The Morgan fingerprint density at radius 1 is 1.38 bits per heavy atom. The number of nitrogens with zero attached hydrogens (tertiary/aromatic N) is 1. The van der Waals surface area contributed by atoms with Gasteiger partial charge in [0.15, 0.2) is 0 Å². The Hall–Kier alpha value is -0.790. The minimum absolute atomic E-state index is 0.140. The Labute approximate surface area is 101 Å². The van der Waals surface area contributed by atoms with Crippen LogP contribution in [0.5, 0.6) is 0 Å². The smallest absolute Gasteiger partial charge is 0.246 e. The van der Waals surface area contributed by atoms with Gasteiger partial charge in [-0.1, -0.05) is 33.8 Å². The van der Waals surface area contributed by atoms with Crippen LogP contribution in [0.1, 0.15) is 54.4 Å². The molecule has 0 aromatic heterocycles. The van der Waals surface area contributed by atoms with Crippen LogP contribution < -0.4 is 0 Å². The van der Waals surface area contributed by atoms with Crippen molar-refractivity contribution in [3.05, 3.63) is 12.2 Å². The number of amides is 1. The lowest BCUT2D eigenvalue weighted by molar-refractivity contribution is -0.128. The van der Waals surface area contributed by atoms with Crippen LogP contribution in [-0.4, -0.2) is 23.4 Å². The molecule has 0 aromatic carbocycles. The molecule has 1 unspecified atom stereocenters. The second-order valence-electron chi connectivity index (χ2n) is 5.60. The second kappa shape index (κ2) is 6.72. The lowest BCUT2D eigenvalue weighted by atomic mass is 9.92. The summed E-state index contributed by atoms with van der Waals surface area (Å²) in [4.78, 5) is 13.9. The maximum atomic E-state index is 11.9. The maximum absolute atomic E-state index is 11.9. The Balaban J connectivity index is 4.50. The Kier molecular flexibility index (Phi) is 6.39. The van der Waals surface area contributed by atoms with Gasteiger partial charge in [-0.3, -0.25) is 4.79 Å². The molecule has 0 N–H and O–H groups in total. The van der Waals surface area contributed by atoms with Crippen molar-refractivity contribution in [3.8, 4) is 0 Å². The summed E-state index contributed by atoms with van der Waals surface area (Å²) in [5, 5.41) is 0. The van der Waals surface area contributed by atoms with E-state index in [0.29, 0.717) is 6.04 Å². The lowest BCUT2D eigenvalue weighted by Gasteiger charge is -2.30. The zero-order chi connectivity index (χ0) is 12.8. The van der Waals surface area contributed by atoms with Crippen LogP contribution in [0.2, 0.25) is 0 Å². The molecule has 16 heavy (non-hydrogen) atoms. The molecule has 0 bridgehead atoms. The molecule has 0 heterocycles. The summed E-state index contributed by atoms with van der Waals surface area (Å²) < 4.78 is 0. The first-order valence-corrected chi connectivity index (χ1v) is 6.25. The Morgan fingerprint density at radius 2 is 1.94 bits per heavy atom. The van der Waals surface area contributed by atoms with Gasteiger partial charge < -0.3 is 4.90 Å². The molecule has 0 aliphatic heterocycles. The van der Waals surface area contributed by atoms with E-state index >= 15 is 0 Å². The van der Waals surface area contributed by atoms with E-state index in [4.69, 9.17) is 0 Å². The fourth-order valence-electron chi connectivity index (χ4n) is 1.46. The highest BCUT2D eigenvalue weighted by atomic mass is 16.2. The predicted octanol–water partition coefficient (Wildman–Crippen LogP) is 3.63. The van der Waals surface area contributed by atoms with E-state index in [1.165, 1.54) is 0 Å². The van der Waals surface area contributed by atoms with Crippen molar-refractivity contribution in [2.75, 3.05) is 6.54 Å². The van der Waals surface area contributed by atoms with Crippen molar-refractivity contribution in [1.29, 1.82) is 0 Å². The van der Waals surface area contributed by atoms with Gasteiger partial charge in [0.25, 0.3) is 0 Å². The predicted molar refractivity (Wildman–Crippen MR) is 70.4 cm³/mol. The third kappa shape index (κ3) is 5.94. The number of rotatable bonds is 5.